The fourth-order valence-electron chi connectivity index (χ4n) is 3.09. The van der Waals surface area contributed by atoms with Gasteiger partial charge in [0.15, 0.2) is 0 Å². The summed E-state index contributed by atoms with van der Waals surface area (Å²) >= 11 is 0. The van der Waals surface area contributed by atoms with Gasteiger partial charge in [0.25, 0.3) is 0 Å². The average molecular weight is 311 g/mol. The van der Waals surface area contributed by atoms with Crippen LogP contribution < -0.4 is 15.8 Å². The predicted molar refractivity (Wildman–Crippen MR) is 85.7 cm³/mol. The largest absolute Gasteiger partial charge is 0.367 e. The van der Waals surface area contributed by atoms with E-state index < -0.39 is 10.0 Å². The number of benzene rings is 1. The van der Waals surface area contributed by atoms with Gasteiger partial charge in [-0.2, -0.15) is 0 Å². The van der Waals surface area contributed by atoms with Crippen molar-refractivity contribution in [3.8, 4) is 0 Å². The summed E-state index contributed by atoms with van der Waals surface area (Å²) in [4.78, 5) is 2.42. The number of hydrogen-bond donors (Lipinski definition) is 2. The quantitative estimate of drug-likeness (QED) is 0.868. The number of sulfonamides is 1. The van der Waals surface area contributed by atoms with Crippen molar-refractivity contribution in [2.45, 2.75) is 56.0 Å². The Labute approximate surface area is 127 Å². The molecule has 0 saturated heterocycles. The van der Waals surface area contributed by atoms with Crippen molar-refractivity contribution in [2.75, 3.05) is 11.4 Å². The minimum Gasteiger partial charge on any atom is -0.367 e. The third-order valence-electron chi connectivity index (χ3n) is 4.13. The first-order valence-corrected chi connectivity index (χ1v) is 9.12. The highest BCUT2D eigenvalue weighted by Crippen LogP contribution is 2.31. The summed E-state index contributed by atoms with van der Waals surface area (Å²) in [5.41, 5.74) is 6.70. The number of para-hydroxylation sites is 1. The van der Waals surface area contributed by atoms with Crippen LogP contribution >= 0.6 is 0 Å². The molecule has 21 heavy (non-hydrogen) atoms. The van der Waals surface area contributed by atoms with Crippen LogP contribution in [-0.2, 0) is 10.0 Å². The molecule has 1 saturated carbocycles. The van der Waals surface area contributed by atoms with Gasteiger partial charge in [-0.05, 0) is 44.2 Å². The van der Waals surface area contributed by atoms with E-state index in [1.165, 1.54) is 0 Å². The predicted octanol–water partition coefficient (Wildman–Crippen LogP) is 1.82. The summed E-state index contributed by atoms with van der Waals surface area (Å²) in [6.07, 6.45) is 4.94. The van der Waals surface area contributed by atoms with Gasteiger partial charge in [-0.3, -0.25) is 0 Å². The van der Waals surface area contributed by atoms with Gasteiger partial charge < -0.3 is 10.6 Å². The Morgan fingerprint density at radius 3 is 2.38 bits per heavy atom. The molecule has 5 nitrogen and oxygen atoms in total. The van der Waals surface area contributed by atoms with Gasteiger partial charge in [-0.25, -0.2) is 13.6 Å². The molecule has 0 aliphatic heterocycles. The second-order valence-electron chi connectivity index (χ2n) is 5.77. The molecule has 1 fully saturated rings. The van der Waals surface area contributed by atoms with Crippen molar-refractivity contribution in [1.82, 2.24) is 0 Å². The highest BCUT2D eigenvalue weighted by atomic mass is 32.2. The zero-order chi connectivity index (χ0) is 15.5. The van der Waals surface area contributed by atoms with Crippen LogP contribution in [0.3, 0.4) is 0 Å². The summed E-state index contributed by atoms with van der Waals surface area (Å²) in [6.45, 7) is 2.92. The second kappa shape index (κ2) is 6.77. The Hall–Kier alpha value is -1.11. The Kier molecular flexibility index (Phi) is 5.24. The Morgan fingerprint density at radius 1 is 1.19 bits per heavy atom. The highest BCUT2D eigenvalue weighted by molar-refractivity contribution is 7.89. The number of rotatable bonds is 5. The monoisotopic (exact) mass is 311 g/mol. The summed E-state index contributed by atoms with van der Waals surface area (Å²) in [5, 5.41) is 5.37. The lowest BCUT2D eigenvalue weighted by molar-refractivity contribution is 0.374. The molecule has 0 spiro atoms. The molecule has 0 atom stereocenters. The molecule has 0 bridgehead atoms. The van der Waals surface area contributed by atoms with Gasteiger partial charge in [0.2, 0.25) is 10.0 Å². The van der Waals surface area contributed by atoms with Gasteiger partial charge in [0, 0.05) is 18.6 Å². The molecule has 4 N–H and O–H groups in total. The van der Waals surface area contributed by atoms with Crippen LogP contribution in [0.15, 0.2) is 29.2 Å². The van der Waals surface area contributed by atoms with E-state index in [2.05, 4.69) is 11.8 Å². The second-order valence-corrected chi connectivity index (χ2v) is 7.30. The molecule has 118 valence electrons. The van der Waals surface area contributed by atoms with Gasteiger partial charge in [0.05, 0.1) is 5.69 Å². The van der Waals surface area contributed by atoms with Crippen molar-refractivity contribution in [3.05, 3.63) is 24.3 Å². The van der Waals surface area contributed by atoms with E-state index in [-0.39, 0.29) is 10.9 Å². The maximum atomic E-state index is 11.8. The lowest BCUT2D eigenvalue weighted by Gasteiger charge is -2.38. The molecule has 0 unspecified atom stereocenters. The molecule has 1 aromatic carbocycles. The molecule has 0 amide bonds. The summed E-state index contributed by atoms with van der Waals surface area (Å²) < 4.78 is 23.7. The lowest BCUT2D eigenvalue weighted by Crippen LogP contribution is -2.42. The first-order valence-electron chi connectivity index (χ1n) is 7.57. The molecule has 1 aliphatic rings. The van der Waals surface area contributed by atoms with Crippen molar-refractivity contribution in [1.29, 1.82) is 0 Å². The van der Waals surface area contributed by atoms with Crippen molar-refractivity contribution in [3.63, 3.8) is 0 Å². The summed E-state index contributed by atoms with van der Waals surface area (Å²) in [6, 6.07) is 7.63. The van der Waals surface area contributed by atoms with Crippen molar-refractivity contribution in [2.24, 2.45) is 10.9 Å². The van der Waals surface area contributed by atoms with E-state index in [1.54, 1.807) is 12.1 Å². The third kappa shape index (κ3) is 3.96. The number of anilines is 1. The SMILES string of the molecule is CCCN(c1ccccc1S(N)(=O)=O)C1CCC(N)CC1. The molecule has 0 aromatic heterocycles. The van der Waals surface area contributed by atoms with Gasteiger partial charge in [-0.15, -0.1) is 0 Å². The Balaban J connectivity index is 2.35. The molecular formula is C15H25N3O2S. The average Bonchev–Trinajstić information content (AvgIpc) is 2.45. The van der Waals surface area contributed by atoms with Crippen LogP contribution in [0.1, 0.15) is 39.0 Å². The van der Waals surface area contributed by atoms with Gasteiger partial charge in [0.1, 0.15) is 4.90 Å². The van der Waals surface area contributed by atoms with Gasteiger partial charge in [-0.1, -0.05) is 19.1 Å². The van der Waals surface area contributed by atoms with Crippen molar-refractivity contribution < 1.29 is 8.42 Å². The van der Waals surface area contributed by atoms with Crippen LogP contribution in [-0.4, -0.2) is 27.0 Å². The standard InChI is InChI=1S/C15H25N3O2S/c1-2-11-18(13-9-7-12(16)8-10-13)14-5-3-4-6-15(14)21(17,19)20/h3-6,12-13H,2,7-11,16H2,1H3,(H2,17,19,20). The lowest BCUT2D eigenvalue weighted by atomic mass is 9.90. The van der Waals surface area contributed by atoms with Gasteiger partial charge >= 0.3 is 0 Å². The fraction of sp³-hybridized carbons (Fsp3) is 0.600. The molecule has 1 aliphatic carbocycles. The van der Waals surface area contributed by atoms with Crippen LogP contribution in [0.5, 0.6) is 0 Å². The molecule has 2 rings (SSSR count). The molecular weight excluding hydrogens is 286 g/mol. The Morgan fingerprint density at radius 2 is 1.81 bits per heavy atom. The minimum absolute atomic E-state index is 0.216. The van der Waals surface area contributed by atoms with E-state index in [0.29, 0.717) is 6.04 Å². The number of hydrogen-bond acceptors (Lipinski definition) is 4. The number of primary sulfonamides is 1. The van der Waals surface area contributed by atoms with E-state index >= 15 is 0 Å². The molecule has 0 radical (unpaired) electrons. The minimum atomic E-state index is -3.71. The zero-order valence-electron chi connectivity index (χ0n) is 12.5. The molecule has 1 aromatic rings. The zero-order valence-corrected chi connectivity index (χ0v) is 13.3. The van der Waals surface area contributed by atoms with Crippen LogP contribution in [0.4, 0.5) is 5.69 Å². The van der Waals surface area contributed by atoms with E-state index in [1.807, 2.05) is 12.1 Å². The normalized spacial score (nSPS) is 23.0. The van der Waals surface area contributed by atoms with Crippen LogP contribution in [0.2, 0.25) is 0 Å². The molecule has 6 heteroatoms. The first kappa shape index (κ1) is 16.3. The highest BCUT2D eigenvalue weighted by Gasteiger charge is 2.27. The number of nitrogens with two attached hydrogens (primary N) is 2. The van der Waals surface area contributed by atoms with E-state index in [9.17, 15) is 8.42 Å². The summed E-state index contributed by atoms with van der Waals surface area (Å²) in [7, 11) is -3.71. The molecule has 0 heterocycles. The van der Waals surface area contributed by atoms with E-state index in [4.69, 9.17) is 10.9 Å². The fourth-order valence-corrected chi connectivity index (χ4v) is 3.83. The van der Waals surface area contributed by atoms with Crippen LogP contribution in [0.25, 0.3) is 0 Å². The van der Waals surface area contributed by atoms with Crippen molar-refractivity contribution >= 4 is 15.7 Å². The van der Waals surface area contributed by atoms with Crippen LogP contribution in [0, 0.1) is 0 Å². The Bertz CT molecular complexity index is 566. The third-order valence-corrected chi connectivity index (χ3v) is 5.09. The first-order chi connectivity index (χ1) is 9.93. The maximum absolute atomic E-state index is 11.8. The summed E-state index contributed by atoms with van der Waals surface area (Å²) in [5.74, 6) is 0. The maximum Gasteiger partial charge on any atom is 0.240 e. The topological polar surface area (TPSA) is 89.4 Å². The van der Waals surface area contributed by atoms with E-state index in [0.717, 1.165) is 44.3 Å². The number of nitrogens with zero attached hydrogens (tertiary/aromatic N) is 1. The smallest absolute Gasteiger partial charge is 0.240 e.